The summed E-state index contributed by atoms with van der Waals surface area (Å²) in [6.45, 7) is 7.40. The molecule has 1 heterocycles. The third-order valence-corrected chi connectivity index (χ3v) is 4.40. The Kier molecular flexibility index (Phi) is 6.64. The fourth-order valence-electron chi connectivity index (χ4n) is 3.47. The summed E-state index contributed by atoms with van der Waals surface area (Å²) >= 11 is 0. The first-order valence-electron chi connectivity index (χ1n) is 9.09. The minimum atomic E-state index is -0.649. The average Bonchev–Trinajstić information content (AvgIpc) is 2.92. The summed E-state index contributed by atoms with van der Waals surface area (Å²) in [6.07, 6.45) is 0.137. The van der Waals surface area contributed by atoms with Crippen LogP contribution in [-0.4, -0.2) is 46.9 Å². The van der Waals surface area contributed by atoms with Gasteiger partial charge in [0.25, 0.3) is 0 Å². The predicted molar refractivity (Wildman–Crippen MR) is 97.5 cm³/mol. The highest BCUT2D eigenvalue weighted by molar-refractivity contribution is 5.74. The van der Waals surface area contributed by atoms with Crippen LogP contribution in [0.1, 0.15) is 52.1 Å². The number of amides is 1. The van der Waals surface area contributed by atoms with Crippen molar-refractivity contribution in [3.05, 3.63) is 35.9 Å². The van der Waals surface area contributed by atoms with Crippen LogP contribution in [0.15, 0.2) is 30.3 Å². The Hall–Kier alpha value is -2.08. The van der Waals surface area contributed by atoms with E-state index in [0.29, 0.717) is 13.0 Å². The lowest BCUT2D eigenvalue weighted by molar-refractivity contribution is -0.144. The molecule has 0 aliphatic carbocycles. The summed E-state index contributed by atoms with van der Waals surface area (Å²) in [6, 6.07) is 8.85. The van der Waals surface area contributed by atoms with Crippen molar-refractivity contribution in [1.82, 2.24) is 4.90 Å². The van der Waals surface area contributed by atoms with Gasteiger partial charge < -0.3 is 14.6 Å². The Morgan fingerprint density at radius 1 is 1.23 bits per heavy atom. The van der Waals surface area contributed by atoms with E-state index in [1.165, 1.54) is 0 Å². The first-order chi connectivity index (χ1) is 12.3. The first kappa shape index (κ1) is 20.2. The molecule has 1 amide bonds. The van der Waals surface area contributed by atoms with E-state index in [4.69, 9.17) is 9.47 Å². The molecule has 0 aromatic heterocycles. The number of esters is 1. The van der Waals surface area contributed by atoms with Crippen molar-refractivity contribution in [3.8, 4) is 0 Å². The number of nitrogens with zero attached hydrogens (tertiary/aromatic N) is 1. The molecular weight excluding hydrogens is 334 g/mol. The highest BCUT2D eigenvalue weighted by Gasteiger charge is 2.46. The van der Waals surface area contributed by atoms with Gasteiger partial charge in [-0.3, -0.25) is 9.69 Å². The topological polar surface area (TPSA) is 76.1 Å². The third kappa shape index (κ3) is 4.97. The molecule has 1 aromatic carbocycles. The number of carbonyl (C=O) groups is 2. The van der Waals surface area contributed by atoms with E-state index in [2.05, 4.69) is 0 Å². The Balaban J connectivity index is 2.35. The minimum absolute atomic E-state index is 0.0712. The van der Waals surface area contributed by atoms with E-state index < -0.39 is 11.7 Å². The van der Waals surface area contributed by atoms with Crippen molar-refractivity contribution < 1.29 is 24.2 Å². The molecule has 1 aliphatic heterocycles. The number of likely N-dealkylation sites (tertiary alicyclic amines) is 1. The van der Waals surface area contributed by atoms with Crippen LogP contribution in [0.3, 0.4) is 0 Å². The van der Waals surface area contributed by atoms with Crippen molar-refractivity contribution >= 4 is 12.1 Å². The van der Waals surface area contributed by atoms with Gasteiger partial charge >= 0.3 is 12.1 Å². The standard InChI is InChI=1S/C20H29NO5/c1-5-25-17(23)12-16-11-15(13-22)18(14-9-7-6-8-10-14)21(16)19(24)26-20(2,3)4/h6-10,15-16,18,22H,5,11-13H2,1-4H3/t15-,16-,18-/m1/s1. The maximum absolute atomic E-state index is 12.9. The first-order valence-corrected chi connectivity index (χ1v) is 9.09. The zero-order valence-corrected chi connectivity index (χ0v) is 16.0. The lowest BCUT2D eigenvalue weighted by Gasteiger charge is -2.33. The molecule has 0 saturated carbocycles. The van der Waals surface area contributed by atoms with E-state index in [1.807, 2.05) is 51.1 Å². The van der Waals surface area contributed by atoms with Gasteiger partial charge in [0.05, 0.1) is 19.1 Å². The van der Waals surface area contributed by atoms with Crippen LogP contribution in [0.4, 0.5) is 4.79 Å². The van der Waals surface area contributed by atoms with E-state index in [-0.39, 0.29) is 37.0 Å². The lowest BCUT2D eigenvalue weighted by Crippen LogP contribution is -2.42. The predicted octanol–water partition coefficient (Wildman–Crippen LogP) is 3.30. The molecule has 144 valence electrons. The highest BCUT2D eigenvalue weighted by Crippen LogP contribution is 2.42. The van der Waals surface area contributed by atoms with Crippen LogP contribution in [0.25, 0.3) is 0 Å². The molecular formula is C20H29NO5. The monoisotopic (exact) mass is 363 g/mol. The summed E-state index contributed by atoms with van der Waals surface area (Å²) < 4.78 is 10.7. The maximum atomic E-state index is 12.9. The molecule has 26 heavy (non-hydrogen) atoms. The molecule has 1 N–H and O–H groups in total. The zero-order chi connectivity index (χ0) is 19.3. The van der Waals surface area contributed by atoms with Crippen LogP contribution in [0, 0.1) is 5.92 Å². The van der Waals surface area contributed by atoms with Crippen molar-refractivity contribution in [2.24, 2.45) is 5.92 Å². The van der Waals surface area contributed by atoms with Gasteiger partial charge in [0.1, 0.15) is 5.60 Å². The average molecular weight is 363 g/mol. The van der Waals surface area contributed by atoms with Crippen molar-refractivity contribution in [2.75, 3.05) is 13.2 Å². The summed E-state index contributed by atoms with van der Waals surface area (Å²) in [5.74, 6) is -0.513. The molecule has 3 atom stereocenters. The van der Waals surface area contributed by atoms with Gasteiger partial charge in [0.2, 0.25) is 0 Å². The number of aliphatic hydroxyl groups is 1. The third-order valence-electron chi connectivity index (χ3n) is 4.40. The second-order valence-electron chi connectivity index (χ2n) is 7.58. The van der Waals surface area contributed by atoms with Crippen LogP contribution < -0.4 is 0 Å². The number of ether oxygens (including phenoxy) is 2. The molecule has 6 nitrogen and oxygen atoms in total. The van der Waals surface area contributed by atoms with E-state index >= 15 is 0 Å². The molecule has 1 saturated heterocycles. The Bertz CT molecular complexity index is 610. The number of aliphatic hydroxyl groups excluding tert-OH is 1. The van der Waals surface area contributed by atoms with Crippen LogP contribution in [-0.2, 0) is 14.3 Å². The van der Waals surface area contributed by atoms with E-state index in [0.717, 1.165) is 5.56 Å². The zero-order valence-electron chi connectivity index (χ0n) is 16.0. The summed E-state index contributed by atoms with van der Waals surface area (Å²) in [4.78, 5) is 26.6. The van der Waals surface area contributed by atoms with Crippen molar-refractivity contribution in [3.63, 3.8) is 0 Å². The van der Waals surface area contributed by atoms with Crippen molar-refractivity contribution in [2.45, 2.75) is 58.2 Å². The Morgan fingerprint density at radius 3 is 2.42 bits per heavy atom. The fraction of sp³-hybridized carbons (Fsp3) is 0.600. The van der Waals surface area contributed by atoms with Crippen molar-refractivity contribution in [1.29, 1.82) is 0 Å². The SMILES string of the molecule is CCOC(=O)C[C@H]1C[C@H](CO)[C@@H](c2ccccc2)N1C(=O)OC(C)(C)C. The smallest absolute Gasteiger partial charge is 0.411 e. The lowest BCUT2D eigenvalue weighted by atomic mass is 9.93. The van der Waals surface area contributed by atoms with Crippen LogP contribution in [0.2, 0.25) is 0 Å². The molecule has 0 spiro atoms. The van der Waals surface area contributed by atoms with Crippen LogP contribution >= 0.6 is 0 Å². The van der Waals surface area contributed by atoms with Gasteiger partial charge in [-0.1, -0.05) is 30.3 Å². The quantitative estimate of drug-likeness (QED) is 0.813. The molecule has 0 unspecified atom stereocenters. The van der Waals surface area contributed by atoms with Gasteiger partial charge in [0.15, 0.2) is 0 Å². The largest absolute Gasteiger partial charge is 0.466 e. The Morgan fingerprint density at radius 2 is 1.88 bits per heavy atom. The number of benzene rings is 1. The number of hydrogen-bond donors (Lipinski definition) is 1. The molecule has 1 aromatic rings. The maximum Gasteiger partial charge on any atom is 0.411 e. The summed E-state index contributed by atoms with van der Waals surface area (Å²) in [5, 5.41) is 9.89. The second kappa shape index (κ2) is 8.54. The molecule has 0 bridgehead atoms. The van der Waals surface area contributed by atoms with Gasteiger partial charge in [0, 0.05) is 18.6 Å². The van der Waals surface area contributed by atoms with Crippen LogP contribution in [0.5, 0.6) is 0 Å². The van der Waals surface area contributed by atoms with Gasteiger partial charge in [-0.25, -0.2) is 4.79 Å². The minimum Gasteiger partial charge on any atom is -0.466 e. The molecule has 0 radical (unpaired) electrons. The molecule has 2 rings (SSSR count). The highest BCUT2D eigenvalue weighted by atomic mass is 16.6. The number of carbonyl (C=O) groups excluding carboxylic acids is 2. The number of rotatable bonds is 5. The van der Waals surface area contributed by atoms with Gasteiger partial charge in [-0.15, -0.1) is 0 Å². The fourth-order valence-corrected chi connectivity index (χ4v) is 3.47. The second-order valence-corrected chi connectivity index (χ2v) is 7.58. The molecule has 6 heteroatoms. The van der Waals surface area contributed by atoms with Gasteiger partial charge in [-0.2, -0.15) is 0 Å². The van der Waals surface area contributed by atoms with Gasteiger partial charge in [-0.05, 0) is 39.7 Å². The normalized spacial score (nSPS) is 23.0. The Labute approximate surface area is 155 Å². The number of hydrogen-bond acceptors (Lipinski definition) is 5. The summed E-state index contributed by atoms with van der Waals surface area (Å²) in [5.41, 5.74) is 0.271. The molecule has 1 fully saturated rings. The van der Waals surface area contributed by atoms with E-state index in [1.54, 1.807) is 11.8 Å². The molecule has 1 aliphatic rings. The summed E-state index contributed by atoms with van der Waals surface area (Å²) in [7, 11) is 0. The van der Waals surface area contributed by atoms with E-state index in [9.17, 15) is 14.7 Å².